The number of halogens is 1. The summed E-state index contributed by atoms with van der Waals surface area (Å²) in [5, 5.41) is 0. The van der Waals surface area contributed by atoms with Crippen LogP contribution in [0.2, 0.25) is 0 Å². The lowest BCUT2D eigenvalue weighted by Crippen LogP contribution is -2.22. The van der Waals surface area contributed by atoms with E-state index in [9.17, 15) is 4.39 Å². The molecule has 1 fully saturated rings. The van der Waals surface area contributed by atoms with E-state index in [0.29, 0.717) is 12.4 Å². The quantitative estimate of drug-likeness (QED) is 0.805. The summed E-state index contributed by atoms with van der Waals surface area (Å²) >= 11 is 0. The molecule has 0 amide bonds. The Morgan fingerprint density at radius 1 is 1.37 bits per heavy atom. The first-order valence-electron chi connectivity index (χ1n) is 7.07. The fourth-order valence-electron chi connectivity index (χ4n) is 2.48. The van der Waals surface area contributed by atoms with E-state index in [-0.39, 0.29) is 11.9 Å². The van der Waals surface area contributed by atoms with Gasteiger partial charge in [-0.25, -0.2) is 4.39 Å². The molecule has 0 saturated carbocycles. The Labute approximate surface area is 114 Å². The third kappa shape index (κ3) is 4.18. The first-order chi connectivity index (χ1) is 9.16. The van der Waals surface area contributed by atoms with Gasteiger partial charge >= 0.3 is 0 Å². The van der Waals surface area contributed by atoms with E-state index in [1.807, 2.05) is 6.92 Å². The van der Waals surface area contributed by atoms with Gasteiger partial charge in [0, 0.05) is 18.2 Å². The SMILES string of the molecule is CC(N)c1cc(F)ccc1OCCCN1CCCC1. The Hall–Kier alpha value is -1.13. The van der Waals surface area contributed by atoms with Gasteiger partial charge in [0.25, 0.3) is 0 Å². The molecule has 2 N–H and O–H groups in total. The second-order valence-electron chi connectivity index (χ2n) is 5.22. The first kappa shape index (κ1) is 14.3. The summed E-state index contributed by atoms with van der Waals surface area (Å²) in [5.74, 6) is 0.439. The number of hydrogen-bond donors (Lipinski definition) is 1. The summed E-state index contributed by atoms with van der Waals surface area (Å²) in [6.07, 6.45) is 3.62. The van der Waals surface area contributed by atoms with Gasteiger partial charge in [0.15, 0.2) is 0 Å². The maximum absolute atomic E-state index is 13.2. The molecule has 0 radical (unpaired) electrons. The van der Waals surface area contributed by atoms with E-state index in [1.54, 1.807) is 6.07 Å². The van der Waals surface area contributed by atoms with Crippen LogP contribution in [0.25, 0.3) is 0 Å². The molecular weight excluding hydrogens is 243 g/mol. The van der Waals surface area contributed by atoms with Crippen molar-refractivity contribution < 1.29 is 9.13 Å². The third-order valence-corrected chi connectivity index (χ3v) is 3.54. The summed E-state index contributed by atoms with van der Waals surface area (Å²) in [7, 11) is 0. The summed E-state index contributed by atoms with van der Waals surface area (Å²) in [6.45, 7) is 5.99. The highest BCUT2D eigenvalue weighted by molar-refractivity contribution is 5.36. The topological polar surface area (TPSA) is 38.5 Å². The Kier molecular flexibility index (Phi) is 5.16. The molecular formula is C15H23FN2O. The smallest absolute Gasteiger partial charge is 0.124 e. The average molecular weight is 266 g/mol. The van der Waals surface area contributed by atoms with Crippen LogP contribution in [0.1, 0.15) is 37.8 Å². The van der Waals surface area contributed by atoms with Gasteiger partial charge in [-0.15, -0.1) is 0 Å². The maximum atomic E-state index is 13.2. The minimum absolute atomic E-state index is 0.218. The zero-order chi connectivity index (χ0) is 13.7. The number of benzene rings is 1. The fourth-order valence-corrected chi connectivity index (χ4v) is 2.48. The number of ether oxygens (including phenoxy) is 1. The molecule has 3 nitrogen and oxygen atoms in total. The zero-order valence-corrected chi connectivity index (χ0v) is 11.6. The number of rotatable bonds is 6. The Balaban J connectivity index is 1.81. The summed E-state index contributed by atoms with van der Waals surface area (Å²) in [5.41, 5.74) is 6.57. The number of likely N-dealkylation sites (tertiary alicyclic amines) is 1. The van der Waals surface area contributed by atoms with Gasteiger partial charge in [-0.3, -0.25) is 0 Å². The average Bonchev–Trinajstić information content (AvgIpc) is 2.89. The first-order valence-corrected chi connectivity index (χ1v) is 7.07. The van der Waals surface area contributed by atoms with E-state index in [4.69, 9.17) is 10.5 Å². The van der Waals surface area contributed by atoms with E-state index >= 15 is 0 Å². The largest absolute Gasteiger partial charge is 0.493 e. The molecule has 1 aromatic carbocycles. The predicted octanol–water partition coefficient (Wildman–Crippen LogP) is 2.71. The van der Waals surface area contributed by atoms with Crippen LogP contribution in [0.3, 0.4) is 0 Å². The van der Waals surface area contributed by atoms with Crippen LogP contribution >= 0.6 is 0 Å². The van der Waals surface area contributed by atoms with Gasteiger partial charge in [-0.2, -0.15) is 0 Å². The molecule has 19 heavy (non-hydrogen) atoms. The highest BCUT2D eigenvalue weighted by Gasteiger charge is 2.12. The maximum Gasteiger partial charge on any atom is 0.124 e. The van der Waals surface area contributed by atoms with Gasteiger partial charge < -0.3 is 15.4 Å². The van der Waals surface area contributed by atoms with E-state index in [1.165, 1.54) is 38.1 Å². The highest BCUT2D eigenvalue weighted by atomic mass is 19.1. The van der Waals surface area contributed by atoms with Crippen molar-refractivity contribution in [1.82, 2.24) is 4.90 Å². The van der Waals surface area contributed by atoms with Gasteiger partial charge in [0.2, 0.25) is 0 Å². The Morgan fingerprint density at radius 2 is 2.11 bits per heavy atom. The van der Waals surface area contributed by atoms with Gasteiger partial charge in [-0.05, 0) is 57.5 Å². The number of nitrogens with zero attached hydrogens (tertiary/aromatic N) is 1. The van der Waals surface area contributed by atoms with Gasteiger partial charge in [0.05, 0.1) is 6.61 Å². The normalized spacial score (nSPS) is 17.6. The van der Waals surface area contributed by atoms with Crippen molar-refractivity contribution in [3.63, 3.8) is 0 Å². The third-order valence-electron chi connectivity index (χ3n) is 3.54. The molecule has 1 atom stereocenters. The lowest BCUT2D eigenvalue weighted by Gasteiger charge is -2.16. The summed E-state index contributed by atoms with van der Waals surface area (Å²) < 4.78 is 18.9. The van der Waals surface area contributed by atoms with Crippen molar-refractivity contribution in [3.05, 3.63) is 29.6 Å². The van der Waals surface area contributed by atoms with Gasteiger partial charge in [0.1, 0.15) is 11.6 Å². The van der Waals surface area contributed by atoms with Crippen LogP contribution in [0.5, 0.6) is 5.75 Å². The van der Waals surface area contributed by atoms with Crippen molar-refractivity contribution in [1.29, 1.82) is 0 Å². The second kappa shape index (κ2) is 6.87. The van der Waals surface area contributed by atoms with E-state index in [0.717, 1.165) is 18.5 Å². The molecule has 2 rings (SSSR count). The van der Waals surface area contributed by atoms with Crippen molar-refractivity contribution in [2.75, 3.05) is 26.2 Å². The van der Waals surface area contributed by atoms with Gasteiger partial charge in [-0.1, -0.05) is 0 Å². The molecule has 106 valence electrons. The Bertz CT molecular complexity index is 403. The van der Waals surface area contributed by atoms with Crippen LogP contribution in [-0.4, -0.2) is 31.1 Å². The van der Waals surface area contributed by atoms with Crippen LogP contribution in [-0.2, 0) is 0 Å². The van der Waals surface area contributed by atoms with Crippen molar-refractivity contribution in [2.45, 2.75) is 32.2 Å². The molecule has 1 aliphatic heterocycles. The highest BCUT2D eigenvalue weighted by Crippen LogP contribution is 2.24. The number of nitrogens with two attached hydrogens (primary N) is 1. The fraction of sp³-hybridized carbons (Fsp3) is 0.600. The molecule has 1 aliphatic rings. The molecule has 1 heterocycles. The van der Waals surface area contributed by atoms with E-state index < -0.39 is 0 Å². The van der Waals surface area contributed by atoms with Crippen molar-refractivity contribution in [2.24, 2.45) is 5.73 Å². The minimum Gasteiger partial charge on any atom is -0.493 e. The number of hydrogen-bond acceptors (Lipinski definition) is 3. The lowest BCUT2D eigenvalue weighted by atomic mass is 10.1. The van der Waals surface area contributed by atoms with E-state index in [2.05, 4.69) is 4.90 Å². The summed E-state index contributed by atoms with van der Waals surface area (Å²) in [6, 6.07) is 4.33. The molecule has 1 unspecified atom stereocenters. The van der Waals surface area contributed by atoms with Crippen molar-refractivity contribution >= 4 is 0 Å². The molecule has 1 aromatic rings. The molecule has 0 aliphatic carbocycles. The lowest BCUT2D eigenvalue weighted by molar-refractivity contribution is 0.261. The van der Waals surface area contributed by atoms with Crippen LogP contribution in [0.15, 0.2) is 18.2 Å². The molecule has 0 aromatic heterocycles. The minimum atomic E-state index is -0.267. The second-order valence-corrected chi connectivity index (χ2v) is 5.22. The van der Waals surface area contributed by atoms with Crippen LogP contribution in [0, 0.1) is 5.82 Å². The monoisotopic (exact) mass is 266 g/mol. The molecule has 4 heteroatoms. The molecule has 0 spiro atoms. The molecule has 0 bridgehead atoms. The van der Waals surface area contributed by atoms with Crippen molar-refractivity contribution in [3.8, 4) is 5.75 Å². The molecule has 1 saturated heterocycles. The summed E-state index contributed by atoms with van der Waals surface area (Å²) in [4.78, 5) is 2.46. The van der Waals surface area contributed by atoms with Crippen LogP contribution < -0.4 is 10.5 Å². The zero-order valence-electron chi connectivity index (χ0n) is 11.6. The Morgan fingerprint density at radius 3 is 2.79 bits per heavy atom. The standard InChI is InChI=1S/C15H23FN2O/c1-12(17)14-11-13(16)5-6-15(14)19-10-4-9-18-7-2-3-8-18/h5-6,11-12H,2-4,7-10,17H2,1H3. The van der Waals surface area contributed by atoms with Crippen LogP contribution in [0.4, 0.5) is 4.39 Å². The predicted molar refractivity (Wildman–Crippen MR) is 74.8 cm³/mol.